The van der Waals surface area contributed by atoms with Gasteiger partial charge in [-0.2, -0.15) is 0 Å². The number of pyridine rings is 1. The predicted molar refractivity (Wildman–Crippen MR) is 127 cm³/mol. The van der Waals surface area contributed by atoms with Crippen molar-refractivity contribution in [1.29, 1.82) is 0 Å². The quantitative estimate of drug-likeness (QED) is 0.514. The zero-order valence-electron chi connectivity index (χ0n) is 20.9. The lowest BCUT2D eigenvalue weighted by Crippen LogP contribution is -2.57. The van der Waals surface area contributed by atoms with Gasteiger partial charge in [0.25, 0.3) is 0 Å². The van der Waals surface area contributed by atoms with E-state index in [1.54, 1.807) is 0 Å². The summed E-state index contributed by atoms with van der Waals surface area (Å²) in [6, 6.07) is 6.08. The molecule has 5 fully saturated rings. The molecule has 0 aliphatic heterocycles. The van der Waals surface area contributed by atoms with Crippen LogP contribution >= 0.6 is 0 Å². The smallest absolute Gasteiger partial charge is 0.213 e. The second-order valence-electron chi connectivity index (χ2n) is 12.9. The molecule has 0 saturated heterocycles. The number of aryl methyl sites for hydroxylation is 1. The standard InChI is InChI=1S/C29H43NO2/c1-18(17-32-26-8-6-7-19(2)30-26)22-9-10-23-21-15-25(31-5)29-16-20(29)11-14-28(29,4)24(21)12-13-27(22,23)3/h6-8,18,20-25H,9-17H2,1-5H3/t18-,20-,21+,22-,23+,24+,25?,27-,28-,29+/m1/s1. The van der Waals surface area contributed by atoms with E-state index in [1.807, 2.05) is 32.2 Å². The van der Waals surface area contributed by atoms with Gasteiger partial charge in [0.2, 0.25) is 5.88 Å². The van der Waals surface area contributed by atoms with E-state index in [2.05, 4.69) is 25.8 Å². The molecule has 1 aromatic rings. The Bertz CT molecular complexity index is 886. The molecule has 1 spiro atoms. The first-order valence-corrected chi connectivity index (χ1v) is 13.4. The Morgan fingerprint density at radius 3 is 2.69 bits per heavy atom. The van der Waals surface area contributed by atoms with E-state index in [1.165, 1.54) is 51.4 Å². The molecule has 176 valence electrons. The first kappa shape index (κ1) is 21.4. The molecule has 0 amide bonds. The molecule has 0 aromatic carbocycles. The minimum atomic E-state index is 0.463. The van der Waals surface area contributed by atoms with Gasteiger partial charge in [0.05, 0.1) is 12.7 Å². The van der Waals surface area contributed by atoms with Gasteiger partial charge >= 0.3 is 0 Å². The van der Waals surface area contributed by atoms with Crippen molar-refractivity contribution >= 4 is 0 Å². The molecule has 6 rings (SSSR count). The summed E-state index contributed by atoms with van der Waals surface area (Å²) in [4.78, 5) is 4.55. The molecule has 5 aliphatic rings. The first-order chi connectivity index (χ1) is 15.3. The number of methoxy groups -OCH3 is 1. The third-order valence-corrected chi connectivity index (χ3v) is 11.9. The fourth-order valence-electron chi connectivity index (χ4n) is 10.5. The SMILES string of the molecule is COC1C[C@H]2[C@@H]3CC[C@H]([C@H](C)COc4cccc(C)n4)[C@@]3(C)CC[C@@H]2[C@@]2(C)CC[C@@H]3C[C@@]132. The summed E-state index contributed by atoms with van der Waals surface area (Å²) in [6.07, 6.45) is 11.9. The largest absolute Gasteiger partial charge is 0.477 e. The van der Waals surface area contributed by atoms with Crippen LogP contribution in [0.15, 0.2) is 18.2 Å². The Morgan fingerprint density at radius 2 is 1.94 bits per heavy atom. The van der Waals surface area contributed by atoms with E-state index in [4.69, 9.17) is 9.47 Å². The molecule has 1 unspecified atom stereocenters. The van der Waals surface area contributed by atoms with Gasteiger partial charge in [-0.3, -0.25) is 0 Å². The van der Waals surface area contributed by atoms with Crippen molar-refractivity contribution in [1.82, 2.24) is 4.98 Å². The van der Waals surface area contributed by atoms with E-state index in [0.29, 0.717) is 28.3 Å². The molecule has 5 aliphatic carbocycles. The number of rotatable bonds is 5. The molecular formula is C29H43NO2. The zero-order chi connectivity index (χ0) is 22.3. The maximum atomic E-state index is 6.29. The Morgan fingerprint density at radius 1 is 1.09 bits per heavy atom. The molecule has 3 nitrogen and oxygen atoms in total. The fraction of sp³-hybridized carbons (Fsp3) is 0.828. The van der Waals surface area contributed by atoms with E-state index in [-0.39, 0.29) is 0 Å². The topological polar surface area (TPSA) is 31.4 Å². The van der Waals surface area contributed by atoms with Crippen LogP contribution in [-0.4, -0.2) is 24.8 Å². The Labute approximate surface area is 195 Å². The highest BCUT2D eigenvalue weighted by molar-refractivity contribution is 5.26. The second-order valence-corrected chi connectivity index (χ2v) is 12.9. The maximum Gasteiger partial charge on any atom is 0.213 e. The molecule has 1 heterocycles. The van der Waals surface area contributed by atoms with Crippen LogP contribution in [0.25, 0.3) is 0 Å². The van der Waals surface area contributed by atoms with E-state index in [9.17, 15) is 0 Å². The molecule has 3 heteroatoms. The number of hydrogen-bond acceptors (Lipinski definition) is 3. The monoisotopic (exact) mass is 437 g/mol. The van der Waals surface area contributed by atoms with Crippen molar-refractivity contribution in [2.45, 2.75) is 85.2 Å². The molecule has 32 heavy (non-hydrogen) atoms. The van der Waals surface area contributed by atoms with Gasteiger partial charge < -0.3 is 9.47 Å². The van der Waals surface area contributed by atoms with Crippen molar-refractivity contribution in [2.24, 2.45) is 51.8 Å². The summed E-state index contributed by atoms with van der Waals surface area (Å²) in [5.41, 5.74) is 2.57. The lowest BCUT2D eigenvalue weighted by molar-refractivity contribution is -0.161. The maximum absolute atomic E-state index is 6.29. The minimum absolute atomic E-state index is 0.463. The molecule has 0 bridgehead atoms. The van der Waals surface area contributed by atoms with Crippen molar-refractivity contribution in [3.05, 3.63) is 23.9 Å². The lowest BCUT2D eigenvalue weighted by Gasteiger charge is -2.61. The van der Waals surface area contributed by atoms with Crippen LogP contribution in [0.3, 0.4) is 0 Å². The average molecular weight is 438 g/mol. The molecule has 5 saturated carbocycles. The van der Waals surface area contributed by atoms with Gasteiger partial charge in [0.1, 0.15) is 0 Å². The Balaban J connectivity index is 1.21. The average Bonchev–Trinajstić information content (AvgIpc) is 3.28. The highest BCUT2D eigenvalue weighted by Gasteiger charge is 2.77. The molecular weight excluding hydrogens is 394 g/mol. The van der Waals surface area contributed by atoms with Gasteiger partial charge in [-0.1, -0.05) is 26.8 Å². The van der Waals surface area contributed by atoms with Crippen LogP contribution < -0.4 is 4.74 Å². The van der Waals surface area contributed by atoms with E-state index >= 15 is 0 Å². The van der Waals surface area contributed by atoms with Gasteiger partial charge in [-0.05, 0) is 111 Å². The summed E-state index contributed by atoms with van der Waals surface area (Å²) in [7, 11) is 2.01. The summed E-state index contributed by atoms with van der Waals surface area (Å²) in [5.74, 6) is 5.76. The van der Waals surface area contributed by atoms with Crippen LogP contribution in [0.2, 0.25) is 0 Å². The number of fused-ring (bicyclic) bond motifs is 4. The summed E-state index contributed by atoms with van der Waals surface area (Å²) < 4.78 is 12.5. The predicted octanol–water partition coefficient (Wildman–Crippen LogP) is 6.69. The molecule has 10 atom stereocenters. The van der Waals surface area contributed by atoms with E-state index in [0.717, 1.165) is 47.8 Å². The van der Waals surface area contributed by atoms with E-state index < -0.39 is 0 Å². The van der Waals surface area contributed by atoms with Crippen LogP contribution in [0.4, 0.5) is 0 Å². The normalized spacial score (nSPS) is 49.5. The Hall–Kier alpha value is -1.09. The van der Waals surface area contributed by atoms with Crippen molar-refractivity contribution in [2.75, 3.05) is 13.7 Å². The highest BCUT2D eigenvalue weighted by Crippen LogP contribution is 2.82. The van der Waals surface area contributed by atoms with Crippen LogP contribution in [0.5, 0.6) is 5.88 Å². The van der Waals surface area contributed by atoms with Gasteiger partial charge in [0, 0.05) is 24.3 Å². The first-order valence-electron chi connectivity index (χ1n) is 13.4. The molecule has 0 N–H and O–H groups in total. The van der Waals surface area contributed by atoms with Gasteiger partial charge in [-0.15, -0.1) is 0 Å². The summed E-state index contributed by atoms with van der Waals surface area (Å²) in [6.45, 7) is 10.6. The summed E-state index contributed by atoms with van der Waals surface area (Å²) >= 11 is 0. The zero-order valence-corrected chi connectivity index (χ0v) is 20.9. The number of hydrogen-bond donors (Lipinski definition) is 0. The number of aromatic nitrogens is 1. The van der Waals surface area contributed by atoms with Gasteiger partial charge in [0.15, 0.2) is 0 Å². The van der Waals surface area contributed by atoms with Gasteiger partial charge in [-0.25, -0.2) is 4.98 Å². The number of nitrogens with zero attached hydrogens (tertiary/aromatic N) is 1. The van der Waals surface area contributed by atoms with Crippen LogP contribution in [0.1, 0.15) is 77.8 Å². The third-order valence-electron chi connectivity index (χ3n) is 11.9. The van der Waals surface area contributed by atoms with Crippen molar-refractivity contribution in [3.8, 4) is 5.88 Å². The van der Waals surface area contributed by atoms with Crippen molar-refractivity contribution in [3.63, 3.8) is 0 Å². The number of ether oxygens (including phenoxy) is 2. The third kappa shape index (κ3) is 2.72. The minimum Gasteiger partial charge on any atom is -0.477 e. The van der Waals surface area contributed by atoms with Crippen LogP contribution in [0, 0.1) is 58.7 Å². The fourth-order valence-corrected chi connectivity index (χ4v) is 10.5. The second kappa shape index (κ2) is 7.20. The summed E-state index contributed by atoms with van der Waals surface area (Å²) in [5, 5.41) is 0. The van der Waals surface area contributed by atoms with Crippen molar-refractivity contribution < 1.29 is 9.47 Å². The lowest BCUT2D eigenvalue weighted by atomic mass is 9.45. The Kier molecular flexibility index (Phi) is 4.83. The molecule has 0 radical (unpaired) electrons. The highest BCUT2D eigenvalue weighted by atomic mass is 16.5. The molecule has 1 aromatic heterocycles. The van der Waals surface area contributed by atoms with Crippen LogP contribution in [-0.2, 0) is 4.74 Å².